The topological polar surface area (TPSA) is 39.9 Å². The van der Waals surface area contributed by atoms with Crippen molar-refractivity contribution in [2.24, 2.45) is 0 Å². The van der Waals surface area contributed by atoms with E-state index in [0.717, 1.165) is 11.6 Å². The van der Waals surface area contributed by atoms with Gasteiger partial charge in [0.2, 0.25) is 0 Å². The number of hydrogen-bond acceptors (Lipinski definition) is 3. The van der Waals surface area contributed by atoms with Gasteiger partial charge < -0.3 is 4.74 Å². The highest BCUT2D eigenvalue weighted by Crippen LogP contribution is 2.24. The van der Waals surface area contributed by atoms with Crippen molar-refractivity contribution in [3.05, 3.63) is 36.5 Å². The maximum Gasteiger partial charge on any atom is 0.180 e. The minimum Gasteiger partial charge on any atom is -0.493 e. The summed E-state index contributed by atoms with van der Waals surface area (Å²) >= 11 is 0. The first-order valence-corrected chi connectivity index (χ1v) is 5.24. The Morgan fingerprint density at radius 3 is 2.75 bits per heavy atom. The molecule has 0 amide bonds. The largest absolute Gasteiger partial charge is 0.493 e. The van der Waals surface area contributed by atoms with Gasteiger partial charge in [-0.3, -0.25) is 4.57 Å². The lowest BCUT2D eigenvalue weighted by Gasteiger charge is -2.11. The van der Waals surface area contributed by atoms with Gasteiger partial charge >= 0.3 is 0 Å². The number of pyridine rings is 1. The molecular weight excluding hydrogens is 202 g/mol. The summed E-state index contributed by atoms with van der Waals surface area (Å²) in [6, 6.07) is 2.02. The first-order valence-electron chi connectivity index (χ1n) is 5.24. The van der Waals surface area contributed by atoms with Crippen molar-refractivity contribution in [3.63, 3.8) is 0 Å². The van der Waals surface area contributed by atoms with Gasteiger partial charge in [0.05, 0.1) is 7.11 Å². The van der Waals surface area contributed by atoms with E-state index in [0.29, 0.717) is 5.92 Å². The van der Waals surface area contributed by atoms with Crippen LogP contribution in [0.5, 0.6) is 5.75 Å². The lowest BCUT2D eigenvalue weighted by atomic mass is 10.1. The highest BCUT2D eigenvalue weighted by atomic mass is 16.5. The quantitative estimate of drug-likeness (QED) is 0.792. The minimum absolute atomic E-state index is 0.443. The van der Waals surface area contributed by atoms with E-state index >= 15 is 0 Å². The molecule has 2 rings (SSSR count). The van der Waals surface area contributed by atoms with Gasteiger partial charge in [-0.1, -0.05) is 13.8 Å². The Bertz CT molecular complexity index is 463. The van der Waals surface area contributed by atoms with Crippen molar-refractivity contribution < 1.29 is 4.74 Å². The molecule has 0 unspecified atom stereocenters. The van der Waals surface area contributed by atoms with Gasteiger partial charge in [-0.05, 0) is 17.5 Å². The van der Waals surface area contributed by atoms with E-state index in [4.69, 9.17) is 4.74 Å². The predicted octanol–water partition coefficient (Wildman–Crippen LogP) is 2.40. The van der Waals surface area contributed by atoms with Crippen molar-refractivity contribution >= 4 is 0 Å². The first-order chi connectivity index (χ1) is 7.72. The summed E-state index contributed by atoms with van der Waals surface area (Å²) in [4.78, 5) is 8.41. The Labute approximate surface area is 94.9 Å². The second-order valence-corrected chi connectivity index (χ2v) is 3.92. The average molecular weight is 217 g/mol. The van der Waals surface area contributed by atoms with Crippen LogP contribution in [-0.4, -0.2) is 21.6 Å². The summed E-state index contributed by atoms with van der Waals surface area (Å²) in [6.07, 6.45) is 7.15. The normalized spacial score (nSPS) is 10.8. The number of imidazole rings is 1. The second kappa shape index (κ2) is 4.35. The van der Waals surface area contributed by atoms with Crippen molar-refractivity contribution in [1.29, 1.82) is 0 Å². The maximum absolute atomic E-state index is 5.35. The zero-order chi connectivity index (χ0) is 11.5. The fraction of sp³-hybridized carbons (Fsp3) is 0.333. The molecule has 0 bridgehead atoms. The lowest BCUT2D eigenvalue weighted by Crippen LogP contribution is -2.01. The van der Waals surface area contributed by atoms with Crippen molar-refractivity contribution in [3.8, 4) is 11.6 Å². The molecule has 0 aliphatic rings. The molecule has 2 aromatic rings. The molecule has 84 valence electrons. The molecule has 16 heavy (non-hydrogen) atoms. The van der Waals surface area contributed by atoms with E-state index in [-0.39, 0.29) is 0 Å². The van der Waals surface area contributed by atoms with Crippen LogP contribution in [0.1, 0.15) is 25.3 Å². The zero-order valence-electron chi connectivity index (χ0n) is 9.71. The van der Waals surface area contributed by atoms with Gasteiger partial charge in [-0.15, -0.1) is 0 Å². The van der Waals surface area contributed by atoms with Crippen LogP contribution in [0.15, 0.2) is 31.0 Å². The van der Waals surface area contributed by atoms with E-state index < -0.39 is 0 Å². The van der Waals surface area contributed by atoms with Crippen LogP contribution in [0.4, 0.5) is 0 Å². The molecule has 0 N–H and O–H groups in total. The maximum atomic E-state index is 5.35. The van der Waals surface area contributed by atoms with Crippen LogP contribution in [0, 0.1) is 0 Å². The van der Waals surface area contributed by atoms with Gasteiger partial charge in [-0.25, -0.2) is 9.97 Å². The third-order valence-corrected chi connectivity index (χ3v) is 2.49. The Hall–Kier alpha value is -1.84. The van der Waals surface area contributed by atoms with Gasteiger partial charge in [-0.2, -0.15) is 0 Å². The molecule has 0 saturated heterocycles. The standard InChI is InChI=1S/C12H15N3O/c1-9(2)10-6-11(16-3)12(14-7-10)15-5-4-13-8-15/h4-9H,1-3H3. The summed E-state index contributed by atoms with van der Waals surface area (Å²) in [7, 11) is 1.65. The summed E-state index contributed by atoms with van der Waals surface area (Å²) in [5.41, 5.74) is 1.17. The summed E-state index contributed by atoms with van der Waals surface area (Å²) < 4.78 is 7.19. The number of ether oxygens (including phenoxy) is 1. The van der Waals surface area contributed by atoms with E-state index in [1.807, 2.05) is 23.0 Å². The van der Waals surface area contributed by atoms with Crippen molar-refractivity contribution in [1.82, 2.24) is 14.5 Å². The number of hydrogen-bond donors (Lipinski definition) is 0. The predicted molar refractivity (Wildman–Crippen MR) is 62.0 cm³/mol. The van der Waals surface area contributed by atoms with Crippen LogP contribution in [0.3, 0.4) is 0 Å². The molecule has 4 heteroatoms. The first kappa shape index (κ1) is 10.7. The third kappa shape index (κ3) is 1.91. The van der Waals surface area contributed by atoms with E-state index in [1.54, 1.807) is 19.6 Å². The van der Waals surface area contributed by atoms with E-state index in [2.05, 4.69) is 23.8 Å². The number of aromatic nitrogens is 3. The molecule has 2 aromatic heterocycles. The summed E-state index contributed by atoms with van der Waals surface area (Å²) in [5.74, 6) is 1.98. The number of rotatable bonds is 3. The van der Waals surface area contributed by atoms with Crippen molar-refractivity contribution in [2.75, 3.05) is 7.11 Å². The smallest absolute Gasteiger partial charge is 0.180 e. The molecule has 0 atom stereocenters. The third-order valence-electron chi connectivity index (χ3n) is 2.49. The summed E-state index contributed by atoms with van der Waals surface area (Å²) in [5, 5.41) is 0. The van der Waals surface area contributed by atoms with Crippen molar-refractivity contribution in [2.45, 2.75) is 19.8 Å². The van der Waals surface area contributed by atoms with Gasteiger partial charge in [0.1, 0.15) is 6.33 Å². The molecule has 0 fully saturated rings. The second-order valence-electron chi connectivity index (χ2n) is 3.92. The highest BCUT2D eigenvalue weighted by Gasteiger charge is 2.09. The Balaban J connectivity index is 2.47. The van der Waals surface area contributed by atoms with Crippen LogP contribution < -0.4 is 4.74 Å². The zero-order valence-corrected chi connectivity index (χ0v) is 9.71. The molecule has 0 saturated carbocycles. The fourth-order valence-corrected chi connectivity index (χ4v) is 1.50. The Morgan fingerprint density at radius 2 is 2.19 bits per heavy atom. The minimum atomic E-state index is 0.443. The molecular formula is C12H15N3O. The molecule has 0 radical (unpaired) electrons. The van der Waals surface area contributed by atoms with Gasteiger partial charge in [0.15, 0.2) is 11.6 Å². The fourth-order valence-electron chi connectivity index (χ4n) is 1.50. The van der Waals surface area contributed by atoms with Crippen LogP contribution in [0.2, 0.25) is 0 Å². The molecule has 0 spiro atoms. The Morgan fingerprint density at radius 1 is 1.38 bits per heavy atom. The summed E-state index contributed by atoms with van der Waals surface area (Å²) in [6.45, 7) is 4.26. The molecule has 4 nitrogen and oxygen atoms in total. The van der Waals surface area contributed by atoms with E-state index in [1.165, 1.54) is 5.56 Å². The lowest BCUT2D eigenvalue weighted by molar-refractivity contribution is 0.409. The van der Waals surface area contributed by atoms with Crippen LogP contribution in [0.25, 0.3) is 5.82 Å². The van der Waals surface area contributed by atoms with Gasteiger partial charge in [0.25, 0.3) is 0 Å². The monoisotopic (exact) mass is 217 g/mol. The molecule has 0 aliphatic carbocycles. The number of methoxy groups -OCH3 is 1. The Kier molecular flexibility index (Phi) is 2.90. The van der Waals surface area contributed by atoms with Crippen LogP contribution in [-0.2, 0) is 0 Å². The molecule has 2 heterocycles. The average Bonchev–Trinajstić information content (AvgIpc) is 2.81. The van der Waals surface area contributed by atoms with Gasteiger partial charge in [0, 0.05) is 18.6 Å². The molecule has 0 aliphatic heterocycles. The van der Waals surface area contributed by atoms with E-state index in [9.17, 15) is 0 Å². The SMILES string of the molecule is COc1cc(C(C)C)cnc1-n1ccnc1. The molecule has 0 aromatic carbocycles. The highest BCUT2D eigenvalue weighted by molar-refractivity contribution is 5.43. The van der Waals surface area contributed by atoms with Crippen LogP contribution >= 0.6 is 0 Å². The number of nitrogens with zero attached hydrogens (tertiary/aromatic N) is 3.